The molecule has 0 saturated carbocycles. The number of halogens is 1. The number of benzene rings is 1. The van der Waals surface area contributed by atoms with E-state index in [-0.39, 0.29) is 10.8 Å². The van der Waals surface area contributed by atoms with Crippen LogP contribution in [0.25, 0.3) is 0 Å². The van der Waals surface area contributed by atoms with Crippen molar-refractivity contribution in [2.75, 3.05) is 6.54 Å². The zero-order valence-corrected chi connectivity index (χ0v) is 11.1. The third-order valence-corrected chi connectivity index (χ3v) is 2.96. The fraction of sp³-hybridized carbons (Fsp3) is 0.231. The lowest BCUT2D eigenvalue weighted by Crippen LogP contribution is -2.25. The molecule has 0 saturated heterocycles. The van der Waals surface area contributed by atoms with E-state index in [0.29, 0.717) is 12.1 Å². The molecular formula is C13H14FN3OS. The van der Waals surface area contributed by atoms with Crippen LogP contribution in [0.2, 0.25) is 0 Å². The molecule has 1 aromatic heterocycles. The highest BCUT2D eigenvalue weighted by atomic mass is 32.1. The first kappa shape index (κ1) is 13.6. The van der Waals surface area contributed by atoms with E-state index in [0.717, 1.165) is 13.0 Å². The van der Waals surface area contributed by atoms with E-state index in [2.05, 4.69) is 23.0 Å². The van der Waals surface area contributed by atoms with Crippen LogP contribution in [-0.2, 0) is 6.54 Å². The average Bonchev–Trinajstić information content (AvgIpc) is 2.91. The number of carbonyl (C=O) groups excluding carboxylic acids is 1. The topological polar surface area (TPSA) is 46.9 Å². The van der Waals surface area contributed by atoms with Crippen molar-refractivity contribution in [2.24, 2.45) is 0 Å². The van der Waals surface area contributed by atoms with Crippen LogP contribution in [0.3, 0.4) is 0 Å². The summed E-state index contributed by atoms with van der Waals surface area (Å²) in [6, 6.07) is 5.95. The number of nitrogens with zero attached hydrogens (tertiary/aromatic N) is 2. The summed E-state index contributed by atoms with van der Waals surface area (Å²) in [5.74, 6) is -0.658. The molecule has 0 aliphatic rings. The zero-order chi connectivity index (χ0) is 13.7. The third-order valence-electron chi connectivity index (χ3n) is 2.62. The van der Waals surface area contributed by atoms with Crippen LogP contribution in [0.4, 0.5) is 4.39 Å². The van der Waals surface area contributed by atoms with Crippen molar-refractivity contribution < 1.29 is 9.18 Å². The van der Waals surface area contributed by atoms with Gasteiger partial charge in [-0.05, 0) is 30.7 Å². The van der Waals surface area contributed by atoms with E-state index in [1.165, 1.54) is 18.2 Å². The standard InChI is InChI=1S/C13H14FN3OS/c14-11-4-3-10(9-12(11)19)13(18)15-5-1-7-17-8-2-6-16-17/h2-4,6,8-9,19H,1,5,7H2,(H,15,18). The second kappa shape index (κ2) is 6.38. The van der Waals surface area contributed by atoms with Crippen LogP contribution < -0.4 is 5.32 Å². The summed E-state index contributed by atoms with van der Waals surface area (Å²) in [7, 11) is 0. The molecule has 0 radical (unpaired) electrons. The SMILES string of the molecule is O=C(NCCCn1cccn1)c1ccc(F)c(S)c1. The van der Waals surface area contributed by atoms with Crippen LogP contribution in [0.1, 0.15) is 16.8 Å². The molecule has 0 bridgehead atoms. The largest absolute Gasteiger partial charge is 0.352 e. The number of aryl methyl sites for hydroxylation is 1. The smallest absolute Gasteiger partial charge is 0.251 e. The van der Waals surface area contributed by atoms with Gasteiger partial charge in [-0.2, -0.15) is 5.10 Å². The summed E-state index contributed by atoms with van der Waals surface area (Å²) in [6.07, 6.45) is 4.36. The molecule has 19 heavy (non-hydrogen) atoms. The minimum Gasteiger partial charge on any atom is -0.352 e. The van der Waals surface area contributed by atoms with Crippen molar-refractivity contribution >= 4 is 18.5 Å². The minimum atomic E-state index is -0.432. The molecule has 6 heteroatoms. The quantitative estimate of drug-likeness (QED) is 0.650. The van der Waals surface area contributed by atoms with Gasteiger partial charge in [-0.15, -0.1) is 12.6 Å². The number of thiol groups is 1. The van der Waals surface area contributed by atoms with Crippen molar-refractivity contribution in [1.82, 2.24) is 15.1 Å². The molecule has 100 valence electrons. The van der Waals surface area contributed by atoms with Gasteiger partial charge in [0.25, 0.3) is 5.91 Å². The van der Waals surface area contributed by atoms with Gasteiger partial charge in [0.1, 0.15) is 5.82 Å². The lowest BCUT2D eigenvalue weighted by Gasteiger charge is -2.06. The molecule has 2 aromatic rings. The number of aromatic nitrogens is 2. The van der Waals surface area contributed by atoms with Gasteiger partial charge in [0, 0.05) is 35.9 Å². The van der Waals surface area contributed by atoms with Gasteiger partial charge in [-0.25, -0.2) is 4.39 Å². The molecule has 0 spiro atoms. The summed E-state index contributed by atoms with van der Waals surface area (Å²) < 4.78 is 14.8. The van der Waals surface area contributed by atoms with Gasteiger partial charge in [0.05, 0.1) is 0 Å². The first-order valence-corrected chi connectivity index (χ1v) is 6.35. The van der Waals surface area contributed by atoms with Gasteiger partial charge in [-0.1, -0.05) is 0 Å². The lowest BCUT2D eigenvalue weighted by molar-refractivity contribution is 0.0952. The highest BCUT2D eigenvalue weighted by Gasteiger charge is 2.07. The van der Waals surface area contributed by atoms with E-state index in [9.17, 15) is 9.18 Å². The van der Waals surface area contributed by atoms with Gasteiger partial charge >= 0.3 is 0 Å². The number of hydrogen-bond donors (Lipinski definition) is 2. The van der Waals surface area contributed by atoms with Crippen molar-refractivity contribution in [2.45, 2.75) is 17.9 Å². The first-order valence-electron chi connectivity index (χ1n) is 5.91. The van der Waals surface area contributed by atoms with Crippen LogP contribution in [0.5, 0.6) is 0 Å². The second-order valence-corrected chi connectivity index (χ2v) is 4.53. The Bertz CT molecular complexity index is 557. The van der Waals surface area contributed by atoms with Crippen molar-refractivity contribution in [3.05, 3.63) is 48.0 Å². The Morgan fingerprint density at radius 3 is 3.00 bits per heavy atom. The Kier molecular flexibility index (Phi) is 4.57. The molecule has 0 atom stereocenters. The van der Waals surface area contributed by atoms with Crippen molar-refractivity contribution in [3.63, 3.8) is 0 Å². The van der Waals surface area contributed by atoms with Crippen molar-refractivity contribution in [3.8, 4) is 0 Å². The number of amides is 1. The average molecular weight is 279 g/mol. The molecule has 0 fully saturated rings. The fourth-order valence-corrected chi connectivity index (χ4v) is 1.85. The number of rotatable bonds is 5. The molecule has 1 aromatic carbocycles. The first-order chi connectivity index (χ1) is 9.16. The molecule has 4 nitrogen and oxygen atoms in total. The third kappa shape index (κ3) is 3.82. The van der Waals surface area contributed by atoms with Gasteiger partial charge in [0.2, 0.25) is 0 Å². The van der Waals surface area contributed by atoms with Crippen LogP contribution in [0, 0.1) is 5.82 Å². The van der Waals surface area contributed by atoms with E-state index >= 15 is 0 Å². The number of nitrogens with one attached hydrogen (secondary N) is 1. The molecule has 1 heterocycles. The molecule has 1 amide bonds. The predicted octanol–water partition coefficient (Wildman–Crippen LogP) is 2.13. The minimum absolute atomic E-state index is 0.171. The maximum Gasteiger partial charge on any atom is 0.251 e. The van der Waals surface area contributed by atoms with Gasteiger partial charge < -0.3 is 5.32 Å². The lowest BCUT2D eigenvalue weighted by atomic mass is 10.2. The second-order valence-electron chi connectivity index (χ2n) is 4.04. The number of carbonyl (C=O) groups is 1. The van der Waals surface area contributed by atoms with Crippen LogP contribution in [0.15, 0.2) is 41.6 Å². The monoisotopic (exact) mass is 279 g/mol. The summed E-state index contributed by atoms with van der Waals surface area (Å²) in [5.41, 5.74) is 0.408. The predicted molar refractivity (Wildman–Crippen MR) is 72.8 cm³/mol. The Hall–Kier alpha value is -1.82. The summed E-state index contributed by atoms with van der Waals surface area (Å²) in [4.78, 5) is 12.0. The molecule has 0 aliphatic heterocycles. The fourth-order valence-electron chi connectivity index (χ4n) is 1.63. The Balaban J connectivity index is 1.79. The van der Waals surface area contributed by atoms with E-state index < -0.39 is 5.82 Å². The molecule has 0 aliphatic carbocycles. The highest BCUT2D eigenvalue weighted by molar-refractivity contribution is 7.80. The zero-order valence-electron chi connectivity index (χ0n) is 10.2. The van der Waals surface area contributed by atoms with Crippen LogP contribution >= 0.6 is 12.6 Å². The van der Waals surface area contributed by atoms with E-state index in [1.54, 1.807) is 10.9 Å². The normalized spacial score (nSPS) is 10.4. The van der Waals surface area contributed by atoms with E-state index in [4.69, 9.17) is 0 Å². The molecule has 1 N–H and O–H groups in total. The van der Waals surface area contributed by atoms with Crippen molar-refractivity contribution in [1.29, 1.82) is 0 Å². The van der Waals surface area contributed by atoms with E-state index in [1.807, 2.05) is 12.3 Å². The number of hydrogen-bond acceptors (Lipinski definition) is 3. The molecule has 0 unspecified atom stereocenters. The molecular weight excluding hydrogens is 265 g/mol. The summed E-state index contributed by atoms with van der Waals surface area (Å²) in [6.45, 7) is 1.28. The summed E-state index contributed by atoms with van der Waals surface area (Å²) >= 11 is 3.95. The summed E-state index contributed by atoms with van der Waals surface area (Å²) in [5, 5.41) is 6.84. The Morgan fingerprint density at radius 1 is 1.47 bits per heavy atom. The maximum absolute atomic E-state index is 13.0. The Morgan fingerprint density at radius 2 is 2.32 bits per heavy atom. The maximum atomic E-state index is 13.0. The van der Waals surface area contributed by atoms with Gasteiger partial charge in [-0.3, -0.25) is 9.48 Å². The highest BCUT2D eigenvalue weighted by Crippen LogP contribution is 2.14. The molecule has 2 rings (SSSR count). The van der Waals surface area contributed by atoms with Gasteiger partial charge in [0.15, 0.2) is 0 Å². The van der Waals surface area contributed by atoms with Crippen LogP contribution in [-0.4, -0.2) is 22.2 Å². The Labute approximate surface area is 116 Å².